The number of benzene rings is 2. The molecule has 28 heavy (non-hydrogen) atoms. The summed E-state index contributed by atoms with van der Waals surface area (Å²) in [7, 11) is 0. The third-order valence-electron chi connectivity index (χ3n) is 4.57. The van der Waals surface area contributed by atoms with Gasteiger partial charge in [-0.3, -0.25) is 9.78 Å². The molecule has 3 aromatic rings. The van der Waals surface area contributed by atoms with Gasteiger partial charge in [0.25, 0.3) is 0 Å². The number of hydrogen-bond donors (Lipinski definition) is 1. The standard InChI is InChI=1S/C23H23FN2O2/c1-15-10-17(4-9-21(15)22(25)27)18-11-16(12-26-13-18)14-28-20-7-5-19(6-8-20)23(2,3)24/h4-13H,14H2,1-3H3,(H2,25,27). The van der Waals surface area contributed by atoms with Crippen LogP contribution < -0.4 is 10.5 Å². The molecule has 1 heterocycles. The molecule has 1 aromatic heterocycles. The number of carbonyl (C=O) groups is 1. The van der Waals surface area contributed by atoms with Crippen molar-refractivity contribution in [3.8, 4) is 16.9 Å². The SMILES string of the molecule is Cc1cc(-c2cncc(COc3ccc(C(C)(C)F)cc3)c2)ccc1C(N)=O. The van der Waals surface area contributed by atoms with Crippen LogP contribution in [-0.2, 0) is 12.3 Å². The van der Waals surface area contributed by atoms with Crippen LogP contribution in [0.5, 0.6) is 5.75 Å². The number of alkyl halides is 1. The molecule has 0 aliphatic rings. The molecule has 5 heteroatoms. The van der Waals surface area contributed by atoms with Gasteiger partial charge in [-0.2, -0.15) is 0 Å². The number of pyridine rings is 1. The first kappa shape index (κ1) is 19.5. The summed E-state index contributed by atoms with van der Waals surface area (Å²) in [6.07, 6.45) is 3.51. The van der Waals surface area contributed by atoms with Crippen molar-refractivity contribution in [2.45, 2.75) is 33.0 Å². The second-order valence-corrected chi connectivity index (χ2v) is 7.26. The number of halogens is 1. The van der Waals surface area contributed by atoms with Crippen LogP contribution in [0.2, 0.25) is 0 Å². The Morgan fingerprint density at radius 1 is 1.07 bits per heavy atom. The molecule has 0 aliphatic heterocycles. The molecule has 0 spiro atoms. The summed E-state index contributed by atoms with van der Waals surface area (Å²) >= 11 is 0. The van der Waals surface area contributed by atoms with E-state index in [0.717, 1.165) is 22.3 Å². The van der Waals surface area contributed by atoms with E-state index in [9.17, 15) is 9.18 Å². The van der Waals surface area contributed by atoms with E-state index in [0.29, 0.717) is 23.5 Å². The molecular formula is C23H23FN2O2. The lowest BCUT2D eigenvalue weighted by atomic mass is 10.00. The van der Waals surface area contributed by atoms with Crippen molar-refractivity contribution in [3.63, 3.8) is 0 Å². The Hall–Kier alpha value is -3.21. The molecular weight excluding hydrogens is 355 g/mol. The first-order valence-electron chi connectivity index (χ1n) is 9.01. The zero-order chi connectivity index (χ0) is 20.3. The van der Waals surface area contributed by atoms with E-state index in [1.54, 1.807) is 42.7 Å². The fourth-order valence-corrected chi connectivity index (χ4v) is 2.96. The molecule has 2 aromatic carbocycles. The highest BCUT2D eigenvalue weighted by molar-refractivity contribution is 5.94. The van der Waals surface area contributed by atoms with Crippen LogP contribution in [0.25, 0.3) is 11.1 Å². The Morgan fingerprint density at radius 2 is 1.79 bits per heavy atom. The van der Waals surface area contributed by atoms with Crippen molar-refractivity contribution >= 4 is 5.91 Å². The number of nitrogens with zero attached hydrogens (tertiary/aromatic N) is 1. The minimum Gasteiger partial charge on any atom is -0.489 e. The summed E-state index contributed by atoms with van der Waals surface area (Å²) in [5, 5.41) is 0. The van der Waals surface area contributed by atoms with Gasteiger partial charge in [-0.1, -0.05) is 24.3 Å². The predicted octanol–water partition coefficient (Wildman–Crippen LogP) is 4.94. The average molecular weight is 378 g/mol. The van der Waals surface area contributed by atoms with Crippen LogP contribution in [0.4, 0.5) is 4.39 Å². The van der Waals surface area contributed by atoms with Gasteiger partial charge in [-0.05, 0) is 61.7 Å². The highest BCUT2D eigenvalue weighted by Gasteiger charge is 2.18. The van der Waals surface area contributed by atoms with E-state index in [1.165, 1.54) is 13.8 Å². The smallest absolute Gasteiger partial charge is 0.248 e. The lowest BCUT2D eigenvalue weighted by Crippen LogP contribution is -2.12. The number of ether oxygens (including phenoxy) is 1. The van der Waals surface area contributed by atoms with Gasteiger partial charge in [0.1, 0.15) is 18.0 Å². The molecule has 0 atom stereocenters. The maximum absolute atomic E-state index is 13.9. The number of aryl methyl sites for hydroxylation is 1. The summed E-state index contributed by atoms with van der Waals surface area (Å²) in [5.41, 5.74) is 8.71. The molecule has 0 bridgehead atoms. The number of carbonyl (C=O) groups excluding carboxylic acids is 1. The van der Waals surface area contributed by atoms with Crippen LogP contribution in [0.15, 0.2) is 60.9 Å². The molecule has 0 saturated heterocycles. The maximum Gasteiger partial charge on any atom is 0.248 e. The van der Waals surface area contributed by atoms with E-state index < -0.39 is 11.6 Å². The first-order chi connectivity index (χ1) is 13.2. The minimum absolute atomic E-state index is 0.345. The molecule has 144 valence electrons. The summed E-state index contributed by atoms with van der Waals surface area (Å²) in [6.45, 7) is 5.25. The number of aromatic nitrogens is 1. The van der Waals surface area contributed by atoms with Crippen LogP contribution >= 0.6 is 0 Å². The second-order valence-electron chi connectivity index (χ2n) is 7.26. The van der Waals surface area contributed by atoms with E-state index in [2.05, 4.69) is 4.98 Å². The van der Waals surface area contributed by atoms with Crippen molar-refractivity contribution < 1.29 is 13.9 Å². The molecule has 3 rings (SSSR count). The monoisotopic (exact) mass is 378 g/mol. The number of rotatable bonds is 6. The fraction of sp³-hybridized carbons (Fsp3) is 0.217. The predicted molar refractivity (Wildman–Crippen MR) is 108 cm³/mol. The molecule has 4 nitrogen and oxygen atoms in total. The number of hydrogen-bond acceptors (Lipinski definition) is 3. The Kier molecular flexibility index (Phi) is 5.45. The zero-order valence-electron chi connectivity index (χ0n) is 16.2. The molecule has 2 N–H and O–H groups in total. The van der Waals surface area contributed by atoms with Crippen LogP contribution in [0.3, 0.4) is 0 Å². The Morgan fingerprint density at radius 3 is 2.39 bits per heavy atom. The highest BCUT2D eigenvalue weighted by Crippen LogP contribution is 2.27. The Balaban J connectivity index is 1.73. The van der Waals surface area contributed by atoms with Crippen molar-refractivity contribution in [2.75, 3.05) is 0 Å². The third kappa shape index (κ3) is 4.55. The summed E-state index contributed by atoms with van der Waals surface area (Å²) < 4.78 is 19.7. The van der Waals surface area contributed by atoms with Crippen molar-refractivity contribution in [3.05, 3.63) is 83.2 Å². The largest absolute Gasteiger partial charge is 0.489 e. The molecule has 0 saturated carbocycles. The van der Waals surface area contributed by atoms with Gasteiger partial charge in [0.2, 0.25) is 5.91 Å². The highest BCUT2D eigenvalue weighted by atomic mass is 19.1. The molecule has 0 fully saturated rings. The molecule has 0 radical (unpaired) electrons. The van der Waals surface area contributed by atoms with Crippen LogP contribution in [0.1, 0.15) is 40.9 Å². The third-order valence-corrected chi connectivity index (χ3v) is 4.57. The Bertz CT molecular complexity index is 992. The van der Waals surface area contributed by atoms with Gasteiger partial charge in [-0.15, -0.1) is 0 Å². The van der Waals surface area contributed by atoms with Crippen molar-refractivity contribution in [2.24, 2.45) is 5.73 Å². The van der Waals surface area contributed by atoms with E-state index in [1.807, 2.05) is 25.1 Å². The van der Waals surface area contributed by atoms with Crippen LogP contribution in [-0.4, -0.2) is 10.9 Å². The molecule has 0 unspecified atom stereocenters. The summed E-state index contributed by atoms with van der Waals surface area (Å²) in [6, 6.07) is 14.5. The van der Waals surface area contributed by atoms with E-state index in [-0.39, 0.29) is 0 Å². The minimum atomic E-state index is -1.38. The maximum atomic E-state index is 13.9. The lowest BCUT2D eigenvalue weighted by molar-refractivity contribution is 0.0999. The molecule has 0 aliphatic carbocycles. The van der Waals surface area contributed by atoms with Gasteiger partial charge < -0.3 is 10.5 Å². The van der Waals surface area contributed by atoms with Gasteiger partial charge in [0.15, 0.2) is 0 Å². The average Bonchev–Trinajstić information content (AvgIpc) is 2.66. The van der Waals surface area contributed by atoms with Gasteiger partial charge >= 0.3 is 0 Å². The topological polar surface area (TPSA) is 65.2 Å². The number of nitrogens with two attached hydrogens (primary N) is 1. The van der Waals surface area contributed by atoms with Gasteiger partial charge in [0.05, 0.1) is 0 Å². The molecule has 1 amide bonds. The first-order valence-corrected chi connectivity index (χ1v) is 9.01. The van der Waals surface area contributed by atoms with Crippen LogP contribution in [0, 0.1) is 6.92 Å². The quantitative estimate of drug-likeness (QED) is 0.661. The second kappa shape index (κ2) is 7.80. The zero-order valence-corrected chi connectivity index (χ0v) is 16.2. The van der Waals surface area contributed by atoms with Crippen molar-refractivity contribution in [1.82, 2.24) is 4.98 Å². The van der Waals surface area contributed by atoms with Crippen molar-refractivity contribution in [1.29, 1.82) is 0 Å². The number of amides is 1. The Labute approximate surface area is 164 Å². The lowest BCUT2D eigenvalue weighted by Gasteiger charge is -2.15. The number of primary amides is 1. The van der Waals surface area contributed by atoms with E-state index in [4.69, 9.17) is 10.5 Å². The van der Waals surface area contributed by atoms with E-state index >= 15 is 0 Å². The summed E-state index contributed by atoms with van der Waals surface area (Å²) in [4.78, 5) is 15.7. The fourth-order valence-electron chi connectivity index (χ4n) is 2.96. The van der Waals surface area contributed by atoms with Gasteiger partial charge in [0, 0.05) is 29.1 Å². The summed E-state index contributed by atoms with van der Waals surface area (Å²) in [5.74, 6) is 0.228. The normalized spacial score (nSPS) is 11.3. The van der Waals surface area contributed by atoms with Gasteiger partial charge in [-0.25, -0.2) is 4.39 Å².